The molecule has 1 aliphatic heterocycles. The molecule has 144 valence electrons. The quantitative estimate of drug-likeness (QED) is 0.721. The number of halogens is 2. The van der Waals surface area contributed by atoms with Gasteiger partial charge in [0.2, 0.25) is 11.8 Å². The fraction of sp³-hybridized carbons (Fsp3) is 0.286. The highest BCUT2D eigenvalue weighted by atomic mass is 35.5. The Morgan fingerprint density at radius 1 is 1.07 bits per heavy atom. The second-order valence-corrected chi connectivity index (χ2v) is 7.57. The van der Waals surface area contributed by atoms with E-state index >= 15 is 0 Å². The summed E-state index contributed by atoms with van der Waals surface area (Å²) in [6, 6.07) is 11.4. The highest BCUT2D eigenvalue weighted by Gasteiger charge is 2.46. The molecule has 5 nitrogen and oxygen atoms in total. The predicted octanol–water partition coefficient (Wildman–Crippen LogP) is 3.55. The molecule has 2 aromatic carbocycles. The summed E-state index contributed by atoms with van der Waals surface area (Å²) >= 11 is 5.89. The summed E-state index contributed by atoms with van der Waals surface area (Å²) < 4.78 is 13.2. The molecule has 3 amide bonds. The Kier molecular flexibility index (Phi) is 4.89. The monoisotopic (exact) mass is 400 g/mol. The Labute approximate surface area is 166 Å². The van der Waals surface area contributed by atoms with E-state index < -0.39 is 11.9 Å². The zero-order valence-corrected chi connectivity index (χ0v) is 15.7. The minimum absolute atomic E-state index is 0.0683. The molecule has 0 spiro atoms. The molecular formula is C21H18ClFN2O3. The number of imide groups is 1. The molecule has 1 aliphatic carbocycles. The van der Waals surface area contributed by atoms with E-state index in [4.69, 9.17) is 11.6 Å². The number of amides is 3. The molecule has 0 N–H and O–H groups in total. The largest absolute Gasteiger partial charge is 0.326 e. The molecule has 2 aromatic rings. The lowest BCUT2D eigenvalue weighted by atomic mass is 10.1. The smallest absolute Gasteiger partial charge is 0.257 e. The lowest BCUT2D eigenvalue weighted by Gasteiger charge is -2.28. The standard InChI is InChI=1S/C21H18ClFN2O3/c22-15-5-9-17(10-6-15)25-19(26)11-18(21(25)28)24(20(27)14-3-4-14)12-13-1-7-16(23)8-2-13/h1-2,5-10,14,18H,3-4,11-12H2. The van der Waals surface area contributed by atoms with Crippen LogP contribution in [0, 0.1) is 11.7 Å². The van der Waals surface area contributed by atoms with Crippen LogP contribution in [0.2, 0.25) is 5.02 Å². The molecule has 0 aromatic heterocycles. The molecule has 28 heavy (non-hydrogen) atoms. The van der Waals surface area contributed by atoms with Crippen LogP contribution in [-0.4, -0.2) is 28.7 Å². The van der Waals surface area contributed by atoms with E-state index in [1.54, 1.807) is 36.4 Å². The van der Waals surface area contributed by atoms with Crippen LogP contribution in [-0.2, 0) is 20.9 Å². The van der Waals surface area contributed by atoms with Gasteiger partial charge in [-0.3, -0.25) is 14.4 Å². The lowest BCUT2D eigenvalue weighted by molar-refractivity contribution is -0.140. The number of carbonyl (C=O) groups is 3. The fourth-order valence-electron chi connectivity index (χ4n) is 3.41. The molecule has 0 bridgehead atoms. The van der Waals surface area contributed by atoms with Crippen LogP contribution in [0.5, 0.6) is 0 Å². The molecule has 1 atom stereocenters. The van der Waals surface area contributed by atoms with Crippen molar-refractivity contribution in [3.63, 3.8) is 0 Å². The van der Waals surface area contributed by atoms with Gasteiger partial charge in [0.1, 0.15) is 11.9 Å². The maximum atomic E-state index is 13.2. The Bertz CT molecular complexity index is 926. The van der Waals surface area contributed by atoms with Gasteiger partial charge in [0.05, 0.1) is 12.1 Å². The average molecular weight is 401 g/mol. The lowest BCUT2D eigenvalue weighted by Crippen LogP contribution is -2.45. The van der Waals surface area contributed by atoms with Crippen LogP contribution in [0.1, 0.15) is 24.8 Å². The van der Waals surface area contributed by atoms with Gasteiger partial charge in [-0.15, -0.1) is 0 Å². The van der Waals surface area contributed by atoms with Crippen LogP contribution >= 0.6 is 11.6 Å². The highest BCUT2D eigenvalue weighted by molar-refractivity contribution is 6.30. The third-order valence-electron chi connectivity index (χ3n) is 5.06. The minimum Gasteiger partial charge on any atom is -0.326 e. The van der Waals surface area contributed by atoms with Crippen molar-refractivity contribution in [2.75, 3.05) is 4.90 Å². The molecule has 7 heteroatoms. The van der Waals surface area contributed by atoms with E-state index in [2.05, 4.69) is 0 Å². The number of hydrogen-bond acceptors (Lipinski definition) is 3. The van der Waals surface area contributed by atoms with Crippen LogP contribution in [0.3, 0.4) is 0 Å². The molecular weight excluding hydrogens is 383 g/mol. The van der Waals surface area contributed by atoms with Crippen molar-refractivity contribution in [1.82, 2.24) is 4.90 Å². The van der Waals surface area contributed by atoms with E-state index in [0.717, 1.165) is 17.7 Å². The first-order chi connectivity index (χ1) is 13.4. The number of hydrogen-bond donors (Lipinski definition) is 0. The summed E-state index contributed by atoms with van der Waals surface area (Å²) in [5.74, 6) is -1.39. The van der Waals surface area contributed by atoms with Crippen LogP contribution < -0.4 is 4.90 Å². The first kappa shape index (κ1) is 18.6. The van der Waals surface area contributed by atoms with Gasteiger partial charge in [0.25, 0.3) is 5.91 Å². The van der Waals surface area contributed by atoms with Gasteiger partial charge in [0, 0.05) is 17.5 Å². The average Bonchev–Trinajstić information content (AvgIpc) is 3.48. The van der Waals surface area contributed by atoms with E-state index in [-0.39, 0.29) is 36.5 Å². The molecule has 0 radical (unpaired) electrons. The summed E-state index contributed by atoms with van der Waals surface area (Å²) in [5, 5.41) is 0.501. The summed E-state index contributed by atoms with van der Waals surface area (Å²) in [6.45, 7) is 0.160. The summed E-state index contributed by atoms with van der Waals surface area (Å²) in [7, 11) is 0. The summed E-state index contributed by atoms with van der Waals surface area (Å²) in [4.78, 5) is 41.1. The van der Waals surface area contributed by atoms with Crippen LogP contribution in [0.25, 0.3) is 0 Å². The number of anilines is 1. The van der Waals surface area contributed by atoms with Gasteiger partial charge in [-0.25, -0.2) is 9.29 Å². The molecule has 2 aliphatic rings. The molecule has 2 fully saturated rings. The fourth-order valence-corrected chi connectivity index (χ4v) is 3.54. The third-order valence-corrected chi connectivity index (χ3v) is 5.31. The summed E-state index contributed by atoms with van der Waals surface area (Å²) in [5.41, 5.74) is 1.14. The molecule has 4 rings (SSSR count). The summed E-state index contributed by atoms with van der Waals surface area (Å²) in [6.07, 6.45) is 1.50. The number of rotatable bonds is 5. The first-order valence-electron chi connectivity index (χ1n) is 9.11. The predicted molar refractivity (Wildman–Crippen MR) is 102 cm³/mol. The van der Waals surface area contributed by atoms with Gasteiger partial charge in [-0.1, -0.05) is 23.7 Å². The molecule has 1 heterocycles. The Hall–Kier alpha value is -2.73. The van der Waals surface area contributed by atoms with Crippen molar-refractivity contribution < 1.29 is 18.8 Å². The number of nitrogens with zero attached hydrogens (tertiary/aromatic N) is 2. The zero-order valence-electron chi connectivity index (χ0n) is 15.0. The first-order valence-corrected chi connectivity index (χ1v) is 9.49. The van der Waals surface area contributed by atoms with Crippen molar-refractivity contribution >= 4 is 35.0 Å². The van der Waals surface area contributed by atoms with Crippen LogP contribution in [0.4, 0.5) is 10.1 Å². The van der Waals surface area contributed by atoms with Crippen molar-refractivity contribution in [3.05, 3.63) is 64.9 Å². The van der Waals surface area contributed by atoms with Crippen molar-refractivity contribution in [1.29, 1.82) is 0 Å². The maximum Gasteiger partial charge on any atom is 0.257 e. The number of carbonyl (C=O) groups excluding carboxylic acids is 3. The second-order valence-electron chi connectivity index (χ2n) is 7.13. The molecule has 1 saturated heterocycles. The minimum atomic E-state index is -0.860. The molecule has 1 unspecified atom stereocenters. The second kappa shape index (κ2) is 7.36. The Balaban J connectivity index is 1.61. The van der Waals surface area contributed by atoms with Gasteiger partial charge in [0.15, 0.2) is 0 Å². The SMILES string of the molecule is O=C1CC(N(Cc2ccc(F)cc2)C(=O)C2CC2)C(=O)N1c1ccc(Cl)cc1. The zero-order chi connectivity index (χ0) is 19.8. The van der Waals surface area contributed by atoms with E-state index in [1.165, 1.54) is 17.0 Å². The molecule has 1 saturated carbocycles. The van der Waals surface area contributed by atoms with Gasteiger partial charge in [-0.2, -0.15) is 0 Å². The van der Waals surface area contributed by atoms with Crippen molar-refractivity contribution in [2.24, 2.45) is 5.92 Å². The van der Waals surface area contributed by atoms with E-state index in [1.807, 2.05) is 0 Å². The number of benzene rings is 2. The third kappa shape index (κ3) is 3.64. The van der Waals surface area contributed by atoms with Crippen molar-refractivity contribution in [2.45, 2.75) is 31.8 Å². The van der Waals surface area contributed by atoms with Gasteiger partial charge < -0.3 is 4.90 Å². The van der Waals surface area contributed by atoms with Gasteiger partial charge in [-0.05, 0) is 54.8 Å². The highest BCUT2D eigenvalue weighted by Crippen LogP contribution is 2.35. The van der Waals surface area contributed by atoms with Gasteiger partial charge >= 0.3 is 0 Å². The Morgan fingerprint density at radius 2 is 1.71 bits per heavy atom. The Morgan fingerprint density at radius 3 is 2.32 bits per heavy atom. The normalized spacial score (nSPS) is 19.2. The maximum absolute atomic E-state index is 13.2. The van der Waals surface area contributed by atoms with Crippen LogP contribution in [0.15, 0.2) is 48.5 Å². The topological polar surface area (TPSA) is 57.7 Å². The van der Waals surface area contributed by atoms with E-state index in [0.29, 0.717) is 16.3 Å². The van der Waals surface area contributed by atoms with Crippen molar-refractivity contribution in [3.8, 4) is 0 Å². The van der Waals surface area contributed by atoms with E-state index in [9.17, 15) is 18.8 Å².